The Morgan fingerprint density at radius 2 is 2.04 bits per heavy atom. The van der Waals surface area contributed by atoms with Gasteiger partial charge in [-0.15, -0.1) is 0 Å². The van der Waals surface area contributed by atoms with Gasteiger partial charge in [0.1, 0.15) is 18.0 Å². The fourth-order valence-corrected chi connectivity index (χ4v) is 3.03. The number of imidazole rings is 1. The van der Waals surface area contributed by atoms with Crippen LogP contribution < -0.4 is 11.1 Å². The summed E-state index contributed by atoms with van der Waals surface area (Å²) in [6, 6.07) is 5.37. The third-order valence-electron chi connectivity index (χ3n) is 4.22. The second-order valence-corrected chi connectivity index (χ2v) is 6.36. The first kappa shape index (κ1) is 17.6. The summed E-state index contributed by atoms with van der Waals surface area (Å²) in [5.74, 6) is 0.486. The van der Waals surface area contributed by atoms with Crippen molar-refractivity contribution in [2.24, 2.45) is 0 Å². The lowest BCUT2D eigenvalue weighted by Crippen LogP contribution is -2.12. The topological polar surface area (TPSA) is 111 Å². The number of anilines is 2. The minimum Gasteiger partial charge on any atom is -0.392 e. The van der Waals surface area contributed by atoms with Crippen LogP contribution in [0.4, 0.5) is 17.3 Å². The zero-order valence-corrected chi connectivity index (χ0v) is 15.5. The number of aromatic nitrogens is 6. The molecule has 4 aromatic heterocycles. The maximum absolute atomic E-state index is 7.34. The molecule has 0 spiro atoms. The molecule has 4 aromatic rings. The Hall–Kier alpha value is -3.77. The SMILES string of the molecule is [C-]#[N+]c1c(N)ncnc1N[C@@H](C)c1cc2ncc(Cl)n2nc1-c1ccncc1. The van der Waals surface area contributed by atoms with Crippen molar-refractivity contribution in [2.45, 2.75) is 13.0 Å². The molecule has 0 aliphatic heterocycles. The third kappa shape index (κ3) is 3.06. The lowest BCUT2D eigenvalue weighted by molar-refractivity contribution is 0.841. The van der Waals surface area contributed by atoms with E-state index in [2.05, 4.69) is 35.2 Å². The van der Waals surface area contributed by atoms with E-state index in [1.165, 1.54) is 6.33 Å². The van der Waals surface area contributed by atoms with Crippen molar-refractivity contribution < 1.29 is 0 Å². The van der Waals surface area contributed by atoms with Crippen molar-refractivity contribution in [1.82, 2.24) is 29.5 Å². The molecule has 0 amide bonds. The van der Waals surface area contributed by atoms with Gasteiger partial charge in [0, 0.05) is 23.5 Å². The minimum atomic E-state index is -0.258. The second kappa shape index (κ2) is 7.09. The summed E-state index contributed by atoms with van der Waals surface area (Å²) < 4.78 is 1.57. The van der Waals surface area contributed by atoms with E-state index in [4.69, 9.17) is 23.9 Å². The number of nitrogen functional groups attached to an aromatic ring is 1. The molecule has 0 aromatic carbocycles. The molecule has 0 unspecified atom stereocenters. The highest BCUT2D eigenvalue weighted by Gasteiger charge is 2.19. The summed E-state index contributed by atoms with van der Waals surface area (Å²) in [6.45, 7) is 9.28. The molecule has 10 heteroatoms. The maximum atomic E-state index is 7.34. The summed E-state index contributed by atoms with van der Waals surface area (Å²) in [5, 5.41) is 8.31. The van der Waals surface area contributed by atoms with Gasteiger partial charge in [-0.3, -0.25) is 4.98 Å². The number of nitrogens with zero attached hydrogens (tertiary/aromatic N) is 7. The van der Waals surface area contributed by atoms with Gasteiger partial charge in [-0.25, -0.2) is 24.3 Å². The van der Waals surface area contributed by atoms with Gasteiger partial charge in [0.05, 0.1) is 24.5 Å². The molecule has 1 atom stereocenters. The summed E-state index contributed by atoms with van der Waals surface area (Å²) in [7, 11) is 0. The van der Waals surface area contributed by atoms with Crippen LogP contribution in [0.1, 0.15) is 18.5 Å². The second-order valence-electron chi connectivity index (χ2n) is 5.97. The predicted molar refractivity (Wildman–Crippen MR) is 106 cm³/mol. The fraction of sp³-hybridized carbons (Fsp3) is 0.111. The van der Waals surface area contributed by atoms with Crippen molar-refractivity contribution >= 4 is 34.6 Å². The van der Waals surface area contributed by atoms with E-state index in [-0.39, 0.29) is 17.5 Å². The van der Waals surface area contributed by atoms with Crippen LogP contribution in [-0.4, -0.2) is 29.5 Å². The van der Waals surface area contributed by atoms with E-state index >= 15 is 0 Å². The number of hydrogen-bond donors (Lipinski definition) is 2. The minimum absolute atomic E-state index is 0.127. The molecule has 3 N–H and O–H groups in total. The lowest BCUT2D eigenvalue weighted by atomic mass is 10.0. The van der Waals surface area contributed by atoms with Crippen LogP contribution in [0.15, 0.2) is 43.1 Å². The molecule has 0 aliphatic carbocycles. The van der Waals surface area contributed by atoms with Gasteiger partial charge < -0.3 is 11.1 Å². The molecular formula is C18H14ClN9. The fourth-order valence-electron chi connectivity index (χ4n) is 2.86. The van der Waals surface area contributed by atoms with Crippen LogP contribution in [0.3, 0.4) is 0 Å². The zero-order chi connectivity index (χ0) is 19.7. The molecule has 4 heterocycles. The number of nitrogens with two attached hydrogens (primary N) is 1. The first-order chi connectivity index (χ1) is 13.6. The van der Waals surface area contributed by atoms with Crippen molar-refractivity contribution in [3.05, 3.63) is 65.3 Å². The first-order valence-electron chi connectivity index (χ1n) is 8.27. The van der Waals surface area contributed by atoms with Crippen molar-refractivity contribution in [2.75, 3.05) is 11.1 Å². The molecule has 9 nitrogen and oxygen atoms in total. The van der Waals surface area contributed by atoms with Crippen LogP contribution >= 0.6 is 11.6 Å². The van der Waals surface area contributed by atoms with Crippen LogP contribution in [0.5, 0.6) is 0 Å². The van der Waals surface area contributed by atoms with Crippen molar-refractivity contribution in [3.8, 4) is 11.3 Å². The van der Waals surface area contributed by atoms with E-state index < -0.39 is 0 Å². The van der Waals surface area contributed by atoms with Crippen molar-refractivity contribution in [1.29, 1.82) is 0 Å². The van der Waals surface area contributed by atoms with E-state index in [1.54, 1.807) is 23.1 Å². The monoisotopic (exact) mass is 391 g/mol. The average Bonchev–Trinajstić information content (AvgIpc) is 3.08. The normalized spacial score (nSPS) is 11.9. The number of hydrogen-bond acceptors (Lipinski definition) is 7. The molecule has 28 heavy (non-hydrogen) atoms. The Bertz CT molecular complexity index is 1200. The van der Waals surface area contributed by atoms with Gasteiger partial charge in [0.15, 0.2) is 10.8 Å². The Balaban J connectivity index is 1.83. The molecule has 0 fully saturated rings. The Morgan fingerprint density at radius 3 is 2.79 bits per heavy atom. The number of halogens is 1. The Labute approximate surface area is 165 Å². The van der Waals surface area contributed by atoms with Gasteiger partial charge >= 0.3 is 0 Å². The number of rotatable bonds is 4. The van der Waals surface area contributed by atoms with Crippen LogP contribution in [0.2, 0.25) is 5.15 Å². The lowest BCUT2D eigenvalue weighted by Gasteiger charge is -2.19. The summed E-state index contributed by atoms with van der Waals surface area (Å²) in [5.41, 5.74) is 9.02. The van der Waals surface area contributed by atoms with Gasteiger partial charge in [0.25, 0.3) is 5.69 Å². The molecule has 4 rings (SSSR count). The van der Waals surface area contributed by atoms with Gasteiger partial charge in [-0.1, -0.05) is 11.6 Å². The molecule has 0 saturated carbocycles. The molecule has 0 saturated heterocycles. The van der Waals surface area contributed by atoms with Gasteiger partial charge in [0.2, 0.25) is 0 Å². The molecular weight excluding hydrogens is 378 g/mol. The molecule has 0 radical (unpaired) electrons. The first-order valence-corrected chi connectivity index (χ1v) is 8.65. The summed E-state index contributed by atoms with van der Waals surface area (Å²) in [6.07, 6.45) is 6.25. The maximum Gasteiger partial charge on any atom is 0.268 e. The van der Waals surface area contributed by atoms with E-state index in [9.17, 15) is 0 Å². The molecule has 138 valence electrons. The Morgan fingerprint density at radius 1 is 1.25 bits per heavy atom. The van der Waals surface area contributed by atoms with Crippen LogP contribution in [0.25, 0.3) is 21.7 Å². The van der Waals surface area contributed by atoms with Crippen LogP contribution in [0, 0.1) is 6.57 Å². The summed E-state index contributed by atoms with van der Waals surface area (Å²) in [4.78, 5) is 19.8. The van der Waals surface area contributed by atoms with Gasteiger partial charge in [-0.2, -0.15) is 5.10 Å². The molecule has 0 aliphatic rings. The van der Waals surface area contributed by atoms with Crippen LogP contribution in [-0.2, 0) is 0 Å². The largest absolute Gasteiger partial charge is 0.392 e. The highest BCUT2D eigenvalue weighted by molar-refractivity contribution is 6.29. The third-order valence-corrected chi connectivity index (χ3v) is 4.47. The van der Waals surface area contributed by atoms with E-state index in [0.717, 1.165) is 11.1 Å². The number of fused-ring (bicyclic) bond motifs is 1. The summed E-state index contributed by atoms with van der Waals surface area (Å²) >= 11 is 6.20. The average molecular weight is 392 g/mol. The zero-order valence-electron chi connectivity index (χ0n) is 14.7. The number of nitrogens with one attached hydrogen (secondary N) is 1. The smallest absolute Gasteiger partial charge is 0.268 e. The highest BCUT2D eigenvalue weighted by atomic mass is 35.5. The highest BCUT2D eigenvalue weighted by Crippen LogP contribution is 2.33. The molecule has 0 bridgehead atoms. The quantitative estimate of drug-likeness (QED) is 0.511. The van der Waals surface area contributed by atoms with Crippen molar-refractivity contribution in [3.63, 3.8) is 0 Å². The van der Waals surface area contributed by atoms with E-state index in [1.807, 2.05) is 25.1 Å². The standard InChI is InChI=1S/C18H14ClN9/c1-10(26-18-16(21-2)17(20)24-9-25-18)12-7-14-23-8-13(19)28(14)27-15(12)11-3-5-22-6-4-11/h3-10H,1H3,(H3,20,24,25,26)/t10-/m0/s1. The number of pyridine rings is 1. The van der Waals surface area contributed by atoms with E-state index in [0.29, 0.717) is 22.3 Å². The van der Waals surface area contributed by atoms with Gasteiger partial charge in [-0.05, 0) is 25.1 Å². The Kier molecular flexibility index (Phi) is 4.47. The predicted octanol–water partition coefficient (Wildman–Crippen LogP) is 3.54.